The standard InChI is InChI=1S/C11H10ClNO4/c1-7(2)5-11(14)17-8-3-4-10(13(15)16)9(12)6-8/h3-6H,1-2H3. The minimum Gasteiger partial charge on any atom is -0.423 e. The molecule has 0 heterocycles. The van der Waals surface area contributed by atoms with E-state index in [0.29, 0.717) is 0 Å². The largest absolute Gasteiger partial charge is 0.423 e. The van der Waals surface area contributed by atoms with Crippen LogP contribution in [-0.2, 0) is 4.79 Å². The van der Waals surface area contributed by atoms with Crippen LogP contribution >= 0.6 is 11.6 Å². The summed E-state index contributed by atoms with van der Waals surface area (Å²) in [4.78, 5) is 21.2. The number of rotatable bonds is 3. The van der Waals surface area contributed by atoms with Crippen molar-refractivity contribution in [3.05, 3.63) is 45.0 Å². The molecule has 1 aromatic carbocycles. The van der Waals surface area contributed by atoms with Gasteiger partial charge in [0.2, 0.25) is 0 Å². The van der Waals surface area contributed by atoms with E-state index in [-0.39, 0.29) is 16.5 Å². The first-order valence-electron chi connectivity index (χ1n) is 4.71. The molecule has 0 saturated carbocycles. The van der Waals surface area contributed by atoms with E-state index in [4.69, 9.17) is 16.3 Å². The van der Waals surface area contributed by atoms with Crippen LogP contribution in [0.15, 0.2) is 29.8 Å². The van der Waals surface area contributed by atoms with E-state index >= 15 is 0 Å². The summed E-state index contributed by atoms with van der Waals surface area (Å²) in [6.07, 6.45) is 1.31. The third kappa shape index (κ3) is 3.88. The lowest BCUT2D eigenvalue weighted by Crippen LogP contribution is -2.04. The number of carbonyl (C=O) groups is 1. The number of esters is 1. The van der Waals surface area contributed by atoms with Gasteiger partial charge in [-0.1, -0.05) is 17.2 Å². The van der Waals surface area contributed by atoms with E-state index in [0.717, 1.165) is 5.57 Å². The van der Waals surface area contributed by atoms with Crippen LogP contribution in [0.3, 0.4) is 0 Å². The van der Waals surface area contributed by atoms with Crippen molar-refractivity contribution >= 4 is 23.3 Å². The van der Waals surface area contributed by atoms with Crippen LogP contribution in [0.2, 0.25) is 5.02 Å². The third-order valence-electron chi connectivity index (χ3n) is 1.74. The molecule has 0 aliphatic carbocycles. The Morgan fingerprint density at radius 2 is 2.12 bits per heavy atom. The highest BCUT2D eigenvalue weighted by molar-refractivity contribution is 6.32. The molecule has 17 heavy (non-hydrogen) atoms. The monoisotopic (exact) mass is 255 g/mol. The van der Waals surface area contributed by atoms with Gasteiger partial charge in [-0.15, -0.1) is 0 Å². The highest BCUT2D eigenvalue weighted by Crippen LogP contribution is 2.28. The molecule has 0 spiro atoms. The van der Waals surface area contributed by atoms with Crippen LogP contribution < -0.4 is 4.74 Å². The Kier molecular flexibility index (Phi) is 4.23. The van der Waals surface area contributed by atoms with Gasteiger partial charge in [0, 0.05) is 18.2 Å². The van der Waals surface area contributed by atoms with Gasteiger partial charge in [-0.3, -0.25) is 10.1 Å². The van der Waals surface area contributed by atoms with Crippen molar-refractivity contribution in [2.75, 3.05) is 0 Å². The first-order valence-corrected chi connectivity index (χ1v) is 5.08. The fraction of sp³-hybridized carbons (Fsp3) is 0.182. The lowest BCUT2D eigenvalue weighted by atomic mass is 10.3. The Morgan fingerprint density at radius 3 is 2.59 bits per heavy atom. The van der Waals surface area contributed by atoms with Gasteiger partial charge in [-0.2, -0.15) is 0 Å². The maximum Gasteiger partial charge on any atom is 0.336 e. The molecule has 0 radical (unpaired) electrons. The van der Waals surface area contributed by atoms with Gasteiger partial charge >= 0.3 is 5.97 Å². The molecule has 0 aliphatic heterocycles. The predicted octanol–water partition coefficient (Wildman–Crippen LogP) is 3.12. The van der Waals surface area contributed by atoms with Crippen molar-refractivity contribution in [2.24, 2.45) is 0 Å². The summed E-state index contributed by atoms with van der Waals surface area (Å²) < 4.78 is 4.92. The summed E-state index contributed by atoms with van der Waals surface area (Å²) in [6.45, 7) is 3.51. The molecule has 0 bridgehead atoms. The molecule has 0 fully saturated rings. The van der Waals surface area contributed by atoms with Gasteiger partial charge in [0.15, 0.2) is 0 Å². The highest BCUT2D eigenvalue weighted by atomic mass is 35.5. The Hall–Kier alpha value is -1.88. The maximum absolute atomic E-state index is 11.3. The molecule has 1 aromatic rings. The Labute approximate surface area is 103 Å². The van der Waals surface area contributed by atoms with Crippen molar-refractivity contribution in [3.8, 4) is 5.75 Å². The normalized spacial score (nSPS) is 9.59. The minimum absolute atomic E-state index is 0.0718. The SMILES string of the molecule is CC(C)=CC(=O)Oc1ccc([N+](=O)[O-])c(Cl)c1. The molecule has 0 N–H and O–H groups in total. The average Bonchev–Trinajstić information content (AvgIpc) is 2.15. The zero-order valence-electron chi connectivity index (χ0n) is 9.27. The van der Waals surface area contributed by atoms with Gasteiger partial charge in [-0.25, -0.2) is 4.79 Å². The quantitative estimate of drug-likeness (QED) is 0.274. The molecular weight excluding hydrogens is 246 g/mol. The van der Waals surface area contributed by atoms with Gasteiger partial charge in [0.05, 0.1) is 4.92 Å². The van der Waals surface area contributed by atoms with Crippen LogP contribution in [0.4, 0.5) is 5.69 Å². The summed E-state index contributed by atoms with van der Waals surface area (Å²) >= 11 is 5.67. The third-order valence-corrected chi connectivity index (χ3v) is 2.04. The van der Waals surface area contributed by atoms with Crippen molar-refractivity contribution < 1.29 is 14.5 Å². The van der Waals surface area contributed by atoms with Crippen LogP contribution in [-0.4, -0.2) is 10.9 Å². The van der Waals surface area contributed by atoms with E-state index in [2.05, 4.69) is 0 Å². The molecule has 0 saturated heterocycles. The van der Waals surface area contributed by atoms with E-state index in [1.165, 1.54) is 24.3 Å². The number of nitro groups is 1. The molecule has 0 aromatic heterocycles. The van der Waals surface area contributed by atoms with Crippen LogP contribution in [0, 0.1) is 10.1 Å². The van der Waals surface area contributed by atoms with Gasteiger partial charge < -0.3 is 4.74 Å². The smallest absolute Gasteiger partial charge is 0.336 e. The fourth-order valence-corrected chi connectivity index (χ4v) is 1.32. The highest BCUT2D eigenvalue weighted by Gasteiger charge is 2.13. The maximum atomic E-state index is 11.3. The molecule has 0 unspecified atom stereocenters. The Bertz CT molecular complexity index is 492. The first-order chi connectivity index (χ1) is 7.90. The number of nitro benzene ring substituents is 1. The molecule has 1 rings (SSSR count). The fourth-order valence-electron chi connectivity index (χ4n) is 1.08. The number of halogens is 1. The number of benzene rings is 1. The second kappa shape index (κ2) is 5.45. The van der Waals surface area contributed by atoms with Crippen LogP contribution in [0.1, 0.15) is 13.8 Å². The summed E-state index contributed by atoms with van der Waals surface area (Å²) in [7, 11) is 0. The van der Waals surface area contributed by atoms with Crippen molar-refractivity contribution in [2.45, 2.75) is 13.8 Å². The lowest BCUT2D eigenvalue weighted by Gasteiger charge is -2.02. The molecule has 90 valence electrons. The van der Waals surface area contributed by atoms with Crippen LogP contribution in [0.25, 0.3) is 0 Å². The van der Waals surface area contributed by atoms with E-state index < -0.39 is 10.9 Å². The number of hydrogen-bond donors (Lipinski definition) is 0. The molecular formula is C11H10ClNO4. The molecule has 0 aliphatic rings. The summed E-state index contributed by atoms with van der Waals surface area (Å²) in [5.74, 6) is -0.377. The topological polar surface area (TPSA) is 69.4 Å². The molecule has 0 amide bonds. The number of allylic oxidation sites excluding steroid dienone is 1. The predicted molar refractivity (Wildman–Crippen MR) is 63.2 cm³/mol. The zero-order chi connectivity index (χ0) is 13.0. The van der Waals surface area contributed by atoms with Crippen molar-refractivity contribution in [1.29, 1.82) is 0 Å². The Morgan fingerprint density at radius 1 is 1.47 bits per heavy atom. The van der Waals surface area contributed by atoms with E-state index in [1.54, 1.807) is 13.8 Å². The molecule has 0 atom stereocenters. The summed E-state index contributed by atoms with van der Waals surface area (Å²) in [5.41, 5.74) is 0.566. The van der Waals surface area contributed by atoms with Gasteiger partial charge in [-0.05, 0) is 19.9 Å². The number of carbonyl (C=O) groups excluding carboxylic acids is 1. The number of ether oxygens (including phenoxy) is 1. The van der Waals surface area contributed by atoms with Gasteiger partial charge in [0.25, 0.3) is 5.69 Å². The molecule has 5 nitrogen and oxygen atoms in total. The minimum atomic E-state index is -0.607. The summed E-state index contributed by atoms with van der Waals surface area (Å²) in [5, 5.41) is 10.4. The Balaban J connectivity index is 2.88. The summed E-state index contributed by atoms with van der Waals surface area (Å²) in [6, 6.07) is 3.74. The van der Waals surface area contributed by atoms with Crippen molar-refractivity contribution in [1.82, 2.24) is 0 Å². The zero-order valence-corrected chi connectivity index (χ0v) is 10.0. The number of nitrogens with zero attached hydrogens (tertiary/aromatic N) is 1. The average molecular weight is 256 g/mol. The lowest BCUT2D eigenvalue weighted by molar-refractivity contribution is -0.384. The van der Waals surface area contributed by atoms with E-state index in [9.17, 15) is 14.9 Å². The van der Waals surface area contributed by atoms with Gasteiger partial charge in [0.1, 0.15) is 10.8 Å². The number of hydrogen-bond acceptors (Lipinski definition) is 4. The first kappa shape index (κ1) is 13.2. The second-order valence-electron chi connectivity index (χ2n) is 3.51. The van der Waals surface area contributed by atoms with E-state index in [1.807, 2.05) is 0 Å². The van der Waals surface area contributed by atoms with Crippen molar-refractivity contribution in [3.63, 3.8) is 0 Å². The molecule has 6 heteroatoms. The van der Waals surface area contributed by atoms with Crippen LogP contribution in [0.5, 0.6) is 5.75 Å². The second-order valence-corrected chi connectivity index (χ2v) is 3.92.